The molecule has 196 valence electrons. The Labute approximate surface area is 229 Å². The van der Waals surface area contributed by atoms with Crippen LogP contribution in [0, 0.1) is 0 Å². The number of fused-ring (bicyclic) bond motifs is 1. The Bertz CT molecular complexity index is 1390. The van der Waals surface area contributed by atoms with Crippen molar-refractivity contribution in [2.45, 2.75) is 38.4 Å². The quantitative estimate of drug-likeness (QED) is 0.412. The number of ether oxygens (including phenoxy) is 1. The van der Waals surface area contributed by atoms with Gasteiger partial charge in [-0.1, -0.05) is 18.2 Å². The van der Waals surface area contributed by atoms with E-state index in [-0.39, 0.29) is 30.1 Å². The Morgan fingerprint density at radius 1 is 1.16 bits per heavy atom. The Kier molecular flexibility index (Phi) is 6.94. The highest BCUT2D eigenvalue weighted by Crippen LogP contribution is 2.45. The van der Waals surface area contributed by atoms with Gasteiger partial charge in [-0.15, -0.1) is 0 Å². The van der Waals surface area contributed by atoms with Crippen molar-refractivity contribution in [2.75, 3.05) is 35.9 Å². The maximum absolute atomic E-state index is 12.0. The average molecular weight is 528 g/mol. The minimum Gasteiger partial charge on any atom is -0.375 e. The monoisotopic (exact) mass is 527 g/mol. The first-order valence-electron chi connectivity index (χ1n) is 12.7. The molecule has 1 fully saturated rings. The molecule has 0 unspecified atom stereocenters. The summed E-state index contributed by atoms with van der Waals surface area (Å²) in [5.41, 5.74) is 7.33. The summed E-state index contributed by atoms with van der Waals surface area (Å²) in [6, 6.07) is 20.1. The molecule has 1 amide bonds. The summed E-state index contributed by atoms with van der Waals surface area (Å²) in [6.45, 7) is 6.65. The Hall–Kier alpha value is -3.75. The van der Waals surface area contributed by atoms with Crippen molar-refractivity contribution in [3.05, 3.63) is 89.8 Å². The summed E-state index contributed by atoms with van der Waals surface area (Å²) < 4.78 is 4.92. The number of aromatic nitrogens is 1. The summed E-state index contributed by atoms with van der Waals surface area (Å²) in [7, 11) is 3.64. The fraction of sp³-hybridized carbons (Fsp3) is 0.300. The first-order valence-corrected chi connectivity index (χ1v) is 13.1. The number of carbonyl (C=O) groups excluding carboxylic acids is 1. The lowest BCUT2D eigenvalue weighted by molar-refractivity contribution is -0.119. The van der Waals surface area contributed by atoms with E-state index in [2.05, 4.69) is 77.5 Å². The first-order chi connectivity index (χ1) is 18.2. The number of hydrogen-bond acceptors (Lipinski definition) is 5. The van der Waals surface area contributed by atoms with Gasteiger partial charge in [0, 0.05) is 43.0 Å². The maximum Gasteiger partial charge on any atom is 0.250 e. The topological polar surface area (TPSA) is 69.7 Å². The van der Waals surface area contributed by atoms with E-state index in [4.69, 9.17) is 17.0 Å². The van der Waals surface area contributed by atoms with E-state index in [1.807, 2.05) is 48.7 Å². The molecule has 0 bridgehead atoms. The van der Waals surface area contributed by atoms with E-state index in [0.717, 1.165) is 16.9 Å². The van der Waals surface area contributed by atoms with E-state index in [1.54, 1.807) is 0 Å². The van der Waals surface area contributed by atoms with E-state index in [0.29, 0.717) is 10.8 Å². The number of likely N-dealkylation sites (N-methyl/N-ethyl adjacent to an activating group) is 1. The van der Waals surface area contributed by atoms with Crippen molar-refractivity contribution in [1.82, 2.24) is 10.3 Å². The molecule has 3 aromatic rings. The van der Waals surface area contributed by atoms with Gasteiger partial charge >= 0.3 is 0 Å². The van der Waals surface area contributed by atoms with Crippen LogP contribution in [0.3, 0.4) is 0 Å². The molecule has 0 radical (unpaired) electrons. The summed E-state index contributed by atoms with van der Waals surface area (Å²) in [5, 5.41) is 7.00. The molecule has 0 saturated carbocycles. The Morgan fingerprint density at radius 2 is 1.92 bits per heavy atom. The van der Waals surface area contributed by atoms with Crippen LogP contribution in [0.2, 0.25) is 0 Å². The summed E-state index contributed by atoms with van der Waals surface area (Å²) >= 11 is 5.89. The highest BCUT2D eigenvalue weighted by Gasteiger charge is 2.41. The Morgan fingerprint density at radius 3 is 2.61 bits per heavy atom. The van der Waals surface area contributed by atoms with Crippen LogP contribution in [0.5, 0.6) is 0 Å². The third-order valence-electron chi connectivity index (χ3n) is 7.39. The van der Waals surface area contributed by atoms with Crippen LogP contribution in [0.25, 0.3) is 5.57 Å². The Balaban J connectivity index is 1.56. The van der Waals surface area contributed by atoms with Crippen LogP contribution >= 0.6 is 12.2 Å². The van der Waals surface area contributed by atoms with Gasteiger partial charge in [-0.25, -0.2) is 0 Å². The predicted octanol–water partition coefficient (Wildman–Crippen LogP) is 5.48. The van der Waals surface area contributed by atoms with Crippen molar-refractivity contribution in [3.63, 3.8) is 0 Å². The standard InChI is InChI=1S/C30H33N5O2S/c1-19-17-30(2,3)34(4)25-14-9-20(16-23(19)25)28-27(24-8-6-7-15-31-24)33-29(38)35(28)22-12-10-21(11-13-22)32-26(36)18-37-5/h6-17,27-28H,18H2,1-5H3,(H,32,36)(H,33,38)/t27-,28-/m0/s1. The second kappa shape index (κ2) is 10.2. The summed E-state index contributed by atoms with van der Waals surface area (Å²) in [4.78, 5) is 21.1. The zero-order chi connectivity index (χ0) is 27.0. The third-order valence-corrected chi connectivity index (χ3v) is 7.70. The van der Waals surface area contributed by atoms with Crippen molar-refractivity contribution in [3.8, 4) is 0 Å². The fourth-order valence-electron chi connectivity index (χ4n) is 5.37. The molecule has 7 nitrogen and oxygen atoms in total. The van der Waals surface area contributed by atoms with Gasteiger partial charge in [-0.2, -0.15) is 0 Å². The molecule has 1 aromatic heterocycles. The number of thiocarbonyl (C=S) groups is 1. The maximum atomic E-state index is 12.0. The van der Waals surface area contributed by atoms with E-state index in [1.165, 1.54) is 23.9 Å². The highest BCUT2D eigenvalue weighted by molar-refractivity contribution is 7.80. The van der Waals surface area contributed by atoms with Gasteiger partial charge in [-0.05, 0) is 92.7 Å². The number of amides is 1. The lowest BCUT2D eigenvalue weighted by Crippen LogP contribution is -2.42. The van der Waals surface area contributed by atoms with Gasteiger partial charge < -0.3 is 25.2 Å². The molecular formula is C30H33N5O2S. The highest BCUT2D eigenvalue weighted by atomic mass is 32.1. The van der Waals surface area contributed by atoms with Gasteiger partial charge in [0.25, 0.3) is 0 Å². The molecule has 8 heteroatoms. The zero-order valence-corrected chi connectivity index (χ0v) is 23.2. The van der Waals surface area contributed by atoms with Gasteiger partial charge in [0.15, 0.2) is 5.11 Å². The normalized spacial score (nSPS) is 20.0. The minimum absolute atomic E-state index is 0.00821. The van der Waals surface area contributed by atoms with Crippen molar-refractivity contribution in [1.29, 1.82) is 0 Å². The molecule has 3 heterocycles. The van der Waals surface area contributed by atoms with Crippen LogP contribution in [-0.2, 0) is 9.53 Å². The van der Waals surface area contributed by atoms with Gasteiger partial charge in [-0.3, -0.25) is 9.78 Å². The van der Waals surface area contributed by atoms with Crippen molar-refractivity contribution in [2.24, 2.45) is 0 Å². The average Bonchev–Trinajstić information content (AvgIpc) is 3.25. The minimum atomic E-state index is -0.197. The second-order valence-corrected chi connectivity index (χ2v) is 10.7. The number of rotatable bonds is 6. The smallest absolute Gasteiger partial charge is 0.250 e. The van der Waals surface area contributed by atoms with E-state index >= 15 is 0 Å². The zero-order valence-electron chi connectivity index (χ0n) is 22.4. The van der Waals surface area contributed by atoms with E-state index in [9.17, 15) is 4.79 Å². The number of allylic oxidation sites excluding steroid dienone is 1. The SMILES string of the molecule is COCC(=O)Nc1ccc(N2C(=S)N[C@@H](c3ccccn3)[C@@H]2c2ccc3c(c2)C(C)=CC(C)(C)N3C)cc1. The van der Waals surface area contributed by atoms with Gasteiger partial charge in [0.1, 0.15) is 6.61 Å². The number of methoxy groups -OCH3 is 1. The number of anilines is 3. The van der Waals surface area contributed by atoms with Crippen molar-refractivity contribution < 1.29 is 9.53 Å². The molecule has 2 N–H and O–H groups in total. The molecule has 2 aromatic carbocycles. The number of pyridine rings is 1. The van der Waals surface area contributed by atoms with Gasteiger partial charge in [0.05, 0.1) is 23.3 Å². The van der Waals surface area contributed by atoms with Crippen molar-refractivity contribution >= 4 is 45.9 Å². The third kappa shape index (κ3) is 4.77. The molecule has 5 rings (SSSR count). The van der Waals surface area contributed by atoms with Crippen LogP contribution in [-0.4, -0.2) is 42.3 Å². The molecule has 0 aliphatic carbocycles. The molecule has 2 atom stereocenters. The van der Waals surface area contributed by atoms with E-state index < -0.39 is 0 Å². The number of hydrogen-bond donors (Lipinski definition) is 2. The fourth-order valence-corrected chi connectivity index (χ4v) is 5.71. The molecule has 2 aliphatic heterocycles. The molecule has 0 spiro atoms. The first kappa shape index (κ1) is 25.9. The molecular weight excluding hydrogens is 494 g/mol. The molecule has 38 heavy (non-hydrogen) atoms. The summed E-state index contributed by atoms with van der Waals surface area (Å²) in [5.74, 6) is -0.197. The number of nitrogens with one attached hydrogen (secondary N) is 2. The lowest BCUT2D eigenvalue weighted by atomic mass is 9.86. The lowest BCUT2D eigenvalue weighted by Gasteiger charge is -2.41. The van der Waals surface area contributed by atoms with Crippen LogP contribution in [0.15, 0.2) is 72.9 Å². The second-order valence-electron chi connectivity index (χ2n) is 10.3. The predicted molar refractivity (Wildman–Crippen MR) is 157 cm³/mol. The van der Waals surface area contributed by atoms with Crippen LogP contribution < -0.4 is 20.4 Å². The largest absolute Gasteiger partial charge is 0.375 e. The molecule has 1 saturated heterocycles. The van der Waals surface area contributed by atoms with Gasteiger partial charge in [0.2, 0.25) is 5.91 Å². The van der Waals surface area contributed by atoms with Crippen LogP contribution in [0.1, 0.15) is 49.7 Å². The number of benzene rings is 2. The number of carbonyl (C=O) groups is 1. The van der Waals surface area contributed by atoms with Crippen LogP contribution in [0.4, 0.5) is 17.1 Å². The number of nitrogens with zero attached hydrogens (tertiary/aromatic N) is 3. The summed E-state index contributed by atoms with van der Waals surface area (Å²) in [6.07, 6.45) is 4.13. The molecule has 2 aliphatic rings.